The molecule has 0 aliphatic carbocycles. The first kappa shape index (κ1) is 24.4. The Labute approximate surface area is 205 Å². The second-order valence-corrected chi connectivity index (χ2v) is 9.61. The maximum absolute atomic E-state index is 13.6. The van der Waals surface area contributed by atoms with Crippen molar-refractivity contribution in [1.29, 1.82) is 0 Å². The molecule has 4 rings (SSSR count). The predicted molar refractivity (Wildman–Crippen MR) is 137 cm³/mol. The fraction of sp³-hybridized carbons (Fsp3) is 0.407. The van der Waals surface area contributed by atoms with Gasteiger partial charge in [-0.1, -0.05) is 59.8 Å². The molecule has 7 heteroatoms. The van der Waals surface area contributed by atoms with Crippen LogP contribution in [-0.2, 0) is 27.8 Å². The van der Waals surface area contributed by atoms with Gasteiger partial charge in [0.25, 0.3) is 0 Å². The summed E-state index contributed by atoms with van der Waals surface area (Å²) in [7, 11) is 2.01. The Kier molecular flexibility index (Phi) is 7.95. The highest BCUT2D eigenvalue weighted by molar-refractivity contribution is 8.00. The molecule has 0 saturated heterocycles. The lowest BCUT2D eigenvalue weighted by atomic mass is 10.0. The molecular formula is C27H33N3O3S. The van der Waals surface area contributed by atoms with E-state index in [1.54, 1.807) is 4.90 Å². The normalized spacial score (nSPS) is 15.9. The zero-order chi connectivity index (χ0) is 24.1. The number of thioether (sulfide) groups is 1. The summed E-state index contributed by atoms with van der Waals surface area (Å²) in [6, 6.07) is 15.8. The summed E-state index contributed by atoms with van der Waals surface area (Å²) in [5.74, 6) is 0.180. The number of carbonyl (C=O) groups is 2. The van der Waals surface area contributed by atoms with Crippen LogP contribution in [0.5, 0.6) is 0 Å². The molecule has 0 radical (unpaired) electrons. The maximum Gasteiger partial charge on any atom is 0.247 e. The van der Waals surface area contributed by atoms with Crippen LogP contribution in [0.1, 0.15) is 36.1 Å². The Hall–Kier alpha value is -2.77. The minimum absolute atomic E-state index is 0.00754. The van der Waals surface area contributed by atoms with Crippen LogP contribution in [0.3, 0.4) is 0 Å². The van der Waals surface area contributed by atoms with E-state index in [1.807, 2.05) is 26.1 Å². The number of nitrogens with one attached hydrogen (secondary N) is 1. The summed E-state index contributed by atoms with van der Waals surface area (Å²) >= 11 is 1.53. The van der Waals surface area contributed by atoms with E-state index in [2.05, 4.69) is 53.2 Å². The third-order valence-electron chi connectivity index (χ3n) is 6.31. The SMILES string of the molecule is CCOCCCNC(=O)C1c2c(n(C)c3ccccc23)SCC(=O)N1CCc1ccc(C)cc1. The summed E-state index contributed by atoms with van der Waals surface area (Å²) < 4.78 is 7.52. The number of carbonyl (C=O) groups excluding carboxylic acids is 2. The Morgan fingerprint density at radius 2 is 1.94 bits per heavy atom. The van der Waals surface area contributed by atoms with E-state index in [9.17, 15) is 9.59 Å². The first-order valence-corrected chi connectivity index (χ1v) is 12.9. The zero-order valence-corrected chi connectivity index (χ0v) is 21.0. The molecule has 2 amide bonds. The number of benzene rings is 2. The highest BCUT2D eigenvalue weighted by atomic mass is 32.2. The standard InChI is InChI=1S/C27H33N3O3S/c1-4-33-17-7-15-28-26(32)25-24-21-8-5-6-9-22(21)29(3)27(24)34-18-23(31)30(25)16-14-20-12-10-19(2)11-13-20/h5-6,8-13,25H,4,7,14-18H2,1-3H3,(H,28,32). The Morgan fingerprint density at radius 3 is 2.71 bits per heavy atom. The molecule has 0 spiro atoms. The molecule has 1 aromatic heterocycles. The number of ether oxygens (including phenoxy) is 1. The number of amides is 2. The van der Waals surface area contributed by atoms with Crippen LogP contribution >= 0.6 is 11.8 Å². The van der Waals surface area contributed by atoms with E-state index in [-0.39, 0.29) is 11.8 Å². The van der Waals surface area contributed by atoms with E-state index in [4.69, 9.17) is 4.74 Å². The van der Waals surface area contributed by atoms with E-state index in [0.29, 0.717) is 38.5 Å². The number of hydrogen-bond acceptors (Lipinski definition) is 4. The van der Waals surface area contributed by atoms with Gasteiger partial charge in [0.15, 0.2) is 0 Å². The molecule has 3 aromatic rings. The van der Waals surface area contributed by atoms with Gasteiger partial charge in [-0.25, -0.2) is 0 Å². The topological polar surface area (TPSA) is 63.6 Å². The van der Waals surface area contributed by atoms with Gasteiger partial charge in [-0.2, -0.15) is 0 Å². The van der Waals surface area contributed by atoms with Crippen LogP contribution in [0.2, 0.25) is 0 Å². The number of nitrogens with zero attached hydrogens (tertiary/aromatic N) is 2. The van der Waals surface area contributed by atoms with E-state index in [1.165, 1.54) is 17.3 Å². The molecular weight excluding hydrogens is 446 g/mol. The van der Waals surface area contributed by atoms with Crippen LogP contribution in [0, 0.1) is 6.92 Å². The Balaban J connectivity index is 1.67. The lowest BCUT2D eigenvalue weighted by Crippen LogP contribution is -2.45. The van der Waals surface area contributed by atoms with E-state index >= 15 is 0 Å². The van der Waals surface area contributed by atoms with Crippen molar-refractivity contribution in [2.75, 3.05) is 32.1 Å². The molecule has 34 heavy (non-hydrogen) atoms. The second-order valence-electron chi connectivity index (χ2n) is 8.65. The molecule has 1 aliphatic rings. The molecule has 180 valence electrons. The van der Waals surface area contributed by atoms with Crippen molar-refractivity contribution in [1.82, 2.24) is 14.8 Å². The molecule has 1 aliphatic heterocycles. The number of aromatic nitrogens is 1. The summed E-state index contributed by atoms with van der Waals surface area (Å²) in [6.45, 7) is 6.29. The highest BCUT2D eigenvalue weighted by Crippen LogP contribution is 2.41. The number of hydrogen-bond donors (Lipinski definition) is 1. The van der Waals surface area contributed by atoms with E-state index < -0.39 is 6.04 Å². The van der Waals surface area contributed by atoms with Gasteiger partial charge in [-0.05, 0) is 38.3 Å². The Morgan fingerprint density at radius 1 is 1.18 bits per heavy atom. The van der Waals surface area contributed by atoms with Crippen molar-refractivity contribution in [2.24, 2.45) is 7.05 Å². The summed E-state index contributed by atoms with van der Waals surface area (Å²) in [4.78, 5) is 28.8. The molecule has 2 heterocycles. The zero-order valence-electron chi connectivity index (χ0n) is 20.2. The third-order valence-corrected chi connectivity index (χ3v) is 7.47. The van der Waals surface area contributed by atoms with Crippen molar-refractivity contribution < 1.29 is 14.3 Å². The summed E-state index contributed by atoms with van der Waals surface area (Å²) in [6.07, 6.45) is 1.44. The fourth-order valence-corrected chi connectivity index (χ4v) is 5.60. The minimum Gasteiger partial charge on any atom is -0.382 e. The highest BCUT2D eigenvalue weighted by Gasteiger charge is 2.38. The van der Waals surface area contributed by atoms with Crippen LogP contribution in [0.25, 0.3) is 10.9 Å². The first-order chi connectivity index (χ1) is 16.5. The van der Waals surface area contributed by atoms with Gasteiger partial charge in [0.2, 0.25) is 11.8 Å². The van der Waals surface area contributed by atoms with Crippen LogP contribution < -0.4 is 5.32 Å². The van der Waals surface area contributed by atoms with Crippen LogP contribution in [0.15, 0.2) is 53.6 Å². The number of aryl methyl sites for hydroxylation is 2. The lowest BCUT2D eigenvalue weighted by molar-refractivity contribution is -0.138. The first-order valence-electron chi connectivity index (χ1n) is 11.9. The van der Waals surface area contributed by atoms with Crippen LogP contribution in [0.4, 0.5) is 0 Å². The van der Waals surface area contributed by atoms with Gasteiger partial charge in [0.1, 0.15) is 6.04 Å². The second kappa shape index (κ2) is 11.1. The molecule has 0 fully saturated rings. The van der Waals surface area contributed by atoms with Gasteiger partial charge in [-0.3, -0.25) is 9.59 Å². The van der Waals surface area contributed by atoms with Gasteiger partial charge < -0.3 is 19.5 Å². The van der Waals surface area contributed by atoms with Gasteiger partial charge in [0.05, 0.1) is 10.8 Å². The maximum atomic E-state index is 13.6. The molecule has 1 N–H and O–H groups in total. The molecule has 2 aromatic carbocycles. The molecule has 0 bridgehead atoms. The summed E-state index contributed by atoms with van der Waals surface area (Å²) in [5.41, 5.74) is 4.36. The monoisotopic (exact) mass is 479 g/mol. The van der Waals surface area contributed by atoms with Crippen LogP contribution in [-0.4, -0.2) is 53.3 Å². The average molecular weight is 480 g/mol. The van der Waals surface area contributed by atoms with Crippen molar-refractivity contribution in [2.45, 2.75) is 37.8 Å². The van der Waals surface area contributed by atoms with Crippen molar-refractivity contribution in [3.05, 3.63) is 65.2 Å². The summed E-state index contributed by atoms with van der Waals surface area (Å²) in [5, 5.41) is 5.09. The average Bonchev–Trinajstić information content (AvgIpc) is 3.02. The van der Waals surface area contributed by atoms with Gasteiger partial charge in [-0.15, -0.1) is 0 Å². The smallest absolute Gasteiger partial charge is 0.247 e. The van der Waals surface area contributed by atoms with Gasteiger partial charge in [0, 0.05) is 49.8 Å². The quantitative estimate of drug-likeness (QED) is 0.466. The van der Waals surface area contributed by atoms with Crippen molar-refractivity contribution >= 4 is 34.5 Å². The van der Waals surface area contributed by atoms with Crippen molar-refractivity contribution in [3.8, 4) is 0 Å². The number of rotatable bonds is 9. The van der Waals surface area contributed by atoms with E-state index in [0.717, 1.165) is 33.5 Å². The molecule has 6 nitrogen and oxygen atoms in total. The Bertz CT molecular complexity index is 1160. The minimum atomic E-state index is -0.666. The van der Waals surface area contributed by atoms with Gasteiger partial charge >= 0.3 is 0 Å². The third kappa shape index (κ3) is 5.15. The predicted octanol–water partition coefficient (Wildman–Crippen LogP) is 4.25. The largest absolute Gasteiger partial charge is 0.382 e. The van der Waals surface area contributed by atoms with Crippen molar-refractivity contribution in [3.63, 3.8) is 0 Å². The molecule has 1 unspecified atom stereocenters. The lowest BCUT2D eigenvalue weighted by Gasteiger charge is -2.30. The molecule has 1 atom stereocenters. The number of para-hydroxylation sites is 1. The molecule has 0 saturated carbocycles. The fourth-order valence-electron chi connectivity index (χ4n) is 4.51. The number of fused-ring (bicyclic) bond motifs is 3.